The number of ether oxygens (including phenoxy) is 1. The number of methoxy groups -OCH3 is 1. The van der Waals surface area contributed by atoms with Gasteiger partial charge in [0.1, 0.15) is 12.4 Å². The predicted octanol–water partition coefficient (Wildman–Crippen LogP) is -0.335. The number of pyridine rings is 1. The van der Waals surface area contributed by atoms with Crippen LogP contribution in [0.15, 0.2) is 34.1 Å². The van der Waals surface area contributed by atoms with Crippen LogP contribution in [0.25, 0.3) is 0 Å². The van der Waals surface area contributed by atoms with Gasteiger partial charge in [-0.25, -0.2) is 14.6 Å². The zero-order valence-corrected chi connectivity index (χ0v) is 12.5. The molecule has 0 bridgehead atoms. The van der Waals surface area contributed by atoms with Crippen LogP contribution in [-0.4, -0.2) is 33.5 Å². The van der Waals surface area contributed by atoms with Crippen molar-refractivity contribution in [3.05, 3.63) is 56.5 Å². The monoisotopic (exact) mass is 318 g/mol. The number of aromatic nitrogens is 3. The highest BCUT2D eigenvalue weighted by Crippen LogP contribution is 2.06. The molecule has 2 N–H and O–H groups in total. The summed E-state index contributed by atoms with van der Waals surface area (Å²) in [6.45, 7) is 1.08. The van der Waals surface area contributed by atoms with Crippen molar-refractivity contribution in [2.75, 3.05) is 12.4 Å². The first-order chi connectivity index (χ1) is 10.9. The Hall–Kier alpha value is -3.23. The third-order valence-electron chi connectivity index (χ3n) is 2.99. The number of nitrogens with zero attached hydrogens (tertiary/aromatic N) is 2. The SMILES string of the molecule is COC(=O)c1ccc(NC(=O)Cn2c(=O)[nH]cc(C)c2=O)nc1. The molecule has 0 aliphatic heterocycles. The number of H-pyrrole nitrogens is 1. The third kappa shape index (κ3) is 3.70. The Balaban J connectivity index is 2.12. The highest BCUT2D eigenvalue weighted by Gasteiger charge is 2.11. The fourth-order valence-corrected chi connectivity index (χ4v) is 1.79. The number of carbonyl (C=O) groups is 2. The second-order valence-electron chi connectivity index (χ2n) is 4.64. The smallest absolute Gasteiger partial charge is 0.339 e. The molecule has 0 aliphatic carbocycles. The van der Waals surface area contributed by atoms with Crippen LogP contribution in [0.5, 0.6) is 0 Å². The molecule has 0 atom stereocenters. The molecule has 0 saturated carbocycles. The van der Waals surface area contributed by atoms with E-state index in [0.717, 1.165) is 4.57 Å². The van der Waals surface area contributed by atoms with Crippen molar-refractivity contribution in [2.24, 2.45) is 0 Å². The summed E-state index contributed by atoms with van der Waals surface area (Å²) in [6, 6.07) is 2.84. The van der Waals surface area contributed by atoms with Gasteiger partial charge < -0.3 is 15.0 Å². The number of hydrogen-bond acceptors (Lipinski definition) is 6. The largest absolute Gasteiger partial charge is 0.465 e. The Kier molecular flexibility index (Phi) is 4.69. The van der Waals surface area contributed by atoms with Crippen molar-refractivity contribution in [3.63, 3.8) is 0 Å². The van der Waals surface area contributed by atoms with Gasteiger partial charge in [0, 0.05) is 18.0 Å². The average Bonchev–Trinajstić information content (AvgIpc) is 2.55. The minimum atomic E-state index is -0.676. The Morgan fingerprint density at radius 1 is 1.35 bits per heavy atom. The number of aromatic amines is 1. The first-order valence-electron chi connectivity index (χ1n) is 6.55. The minimum absolute atomic E-state index is 0.180. The van der Waals surface area contributed by atoms with Gasteiger partial charge in [0.05, 0.1) is 12.7 Å². The average molecular weight is 318 g/mol. The number of esters is 1. The summed E-state index contributed by atoms with van der Waals surface area (Å²) in [5, 5.41) is 2.43. The molecule has 0 fully saturated rings. The normalized spacial score (nSPS) is 10.2. The van der Waals surface area contributed by atoms with Gasteiger partial charge in [0.25, 0.3) is 5.56 Å². The van der Waals surface area contributed by atoms with E-state index in [1.807, 2.05) is 0 Å². The second kappa shape index (κ2) is 6.69. The predicted molar refractivity (Wildman–Crippen MR) is 80.3 cm³/mol. The first kappa shape index (κ1) is 16.1. The Bertz CT molecular complexity index is 851. The van der Waals surface area contributed by atoms with E-state index in [1.54, 1.807) is 0 Å². The van der Waals surface area contributed by atoms with Crippen LogP contribution < -0.4 is 16.6 Å². The molecule has 2 aromatic heterocycles. The van der Waals surface area contributed by atoms with E-state index in [-0.39, 0.29) is 11.4 Å². The van der Waals surface area contributed by atoms with E-state index < -0.39 is 29.7 Å². The van der Waals surface area contributed by atoms with Crippen LogP contribution in [0.1, 0.15) is 15.9 Å². The fourth-order valence-electron chi connectivity index (χ4n) is 1.79. The molecular formula is C14H14N4O5. The van der Waals surface area contributed by atoms with Gasteiger partial charge in [-0.05, 0) is 19.1 Å². The molecular weight excluding hydrogens is 304 g/mol. The van der Waals surface area contributed by atoms with E-state index >= 15 is 0 Å². The Labute approximate surface area is 129 Å². The maximum absolute atomic E-state index is 11.9. The van der Waals surface area contributed by atoms with Crippen molar-refractivity contribution >= 4 is 17.7 Å². The van der Waals surface area contributed by atoms with Gasteiger partial charge in [-0.2, -0.15) is 0 Å². The molecule has 0 saturated heterocycles. The lowest BCUT2D eigenvalue weighted by molar-refractivity contribution is -0.116. The van der Waals surface area contributed by atoms with Gasteiger partial charge in [-0.3, -0.25) is 14.2 Å². The Morgan fingerprint density at radius 2 is 2.09 bits per heavy atom. The van der Waals surface area contributed by atoms with Crippen LogP contribution in [0.2, 0.25) is 0 Å². The topological polar surface area (TPSA) is 123 Å². The zero-order valence-electron chi connectivity index (χ0n) is 12.5. The zero-order chi connectivity index (χ0) is 17.0. The van der Waals surface area contributed by atoms with Gasteiger partial charge in [-0.15, -0.1) is 0 Å². The van der Waals surface area contributed by atoms with E-state index in [2.05, 4.69) is 20.0 Å². The standard InChI is InChI=1S/C14H14N4O5/c1-8-5-16-14(22)18(12(8)20)7-11(19)17-10-4-3-9(6-15-10)13(21)23-2/h3-6H,7H2,1-2H3,(H,16,22)(H,15,17,19). The third-order valence-corrected chi connectivity index (χ3v) is 2.99. The molecule has 0 unspecified atom stereocenters. The summed E-state index contributed by atoms with van der Waals surface area (Å²) in [5.41, 5.74) is -0.669. The number of carbonyl (C=O) groups excluding carboxylic acids is 2. The molecule has 2 heterocycles. The molecule has 0 aliphatic rings. The van der Waals surface area contributed by atoms with E-state index in [1.165, 1.54) is 38.6 Å². The Morgan fingerprint density at radius 3 is 2.70 bits per heavy atom. The number of anilines is 1. The van der Waals surface area contributed by atoms with Crippen LogP contribution in [-0.2, 0) is 16.1 Å². The first-order valence-corrected chi connectivity index (χ1v) is 6.55. The quantitative estimate of drug-likeness (QED) is 0.744. The number of rotatable bonds is 4. The molecule has 0 radical (unpaired) electrons. The van der Waals surface area contributed by atoms with Crippen LogP contribution >= 0.6 is 0 Å². The lowest BCUT2D eigenvalue weighted by Gasteiger charge is -2.07. The van der Waals surface area contributed by atoms with Gasteiger partial charge in [0.2, 0.25) is 5.91 Å². The highest BCUT2D eigenvalue weighted by atomic mass is 16.5. The highest BCUT2D eigenvalue weighted by molar-refractivity contribution is 5.91. The fraction of sp³-hybridized carbons (Fsp3) is 0.214. The van der Waals surface area contributed by atoms with Crippen molar-refractivity contribution < 1.29 is 14.3 Å². The van der Waals surface area contributed by atoms with Crippen LogP contribution in [0.3, 0.4) is 0 Å². The molecule has 2 rings (SSSR count). The summed E-state index contributed by atoms with van der Waals surface area (Å²) in [7, 11) is 1.25. The summed E-state index contributed by atoms with van der Waals surface area (Å²) < 4.78 is 5.32. The molecule has 1 amide bonds. The van der Waals surface area contributed by atoms with E-state index in [4.69, 9.17) is 0 Å². The molecule has 9 nitrogen and oxygen atoms in total. The molecule has 2 aromatic rings. The van der Waals surface area contributed by atoms with Gasteiger partial charge in [-0.1, -0.05) is 0 Å². The second-order valence-corrected chi connectivity index (χ2v) is 4.64. The molecule has 23 heavy (non-hydrogen) atoms. The van der Waals surface area contributed by atoms with Gasteiger partial charge in [0.15, 0.2) is 0 Å². The lowest BCUT2D eigenvalue weighted by Crippen LogP contribution is -2.39. The van der Waals surface area contributed by atoms with Crippen molar-refractivity contribution in [1.82, 2.24) is 14.5 Å². The summed E-state index contributed by atoms with van der Waals surface area (Å²) >= 11 is 0. The number of amides is 1. The van der Waals surface area contributed by atoms with Gasteiger partial charge >= 0.3 is 11.7 Å². The molecule has 0 spiro atoms. The molecule has 0 aromatic carbocycles. The van der Waals surface area contributed by atoms with Crippen molar-refractivity contribution in [2.45, 2.75) is 13.5 Å². The maximum Gasteiger partial charge on any atom is 0.339 e. The van der Waals surface area contributed by atoms with Crippen LogP contribution in [0, 0.1) is 6.92 Å². The van der Waals surface area contributed by atoms with Crippen LogP contribution in [0.4, 0.5) is 5.82 Å². The van der Waals surface area contributed by atoms with Crippen molar-refractivity contribution in [1.29, 1.82) is 0 Å². The molecule has 9 heteroatoms. The lowest BCUT2D eigenvalue weighted by atomic mass is 10.3. The summed E-state index contributed by atoms with van der Waals surface area (Å²) in [6.07, 6.45) is 2.53. The summed E-state index contributed by atoms with van der Waals surface area (Å²) in [4.78, 5) is 52.9. The number of aryl methyl sites for hydroxylation is 1. The van der Waals surface area contributed by atoms with E-state index in [9.17, 15) is 19.2 Å². The number of hydrogen-bond donors (Lipinski definition) is 2. The summed E-state index contributed by atoms with van der Waals surface area (Å²) in [5.74, 6) is -0.963. The van der Waals surface area contributed by atoms with Crippen molar-refractivity contribution in [3.8, 4) is 0 Å². The van der Waals surface area contributed by atoms with E-state index in [0.29, 0.717) is 5.56 Å². The minimum Gasteiger partial charge on any atom is -0.465 e. The maximum atomic E-state index is 11.9. The molecule has 120 valence electrons. The number of nitrogens with one attached hydrogen (secondary N) is 2.